The molecule has 2 aromatic heterocycles. The van der Waals surface area contributed by atoms with Crippen molar-refractivity contribution >= 4 is 23.0 Å². The van der Waals surface area contributed by atoms with Crippen LogP contribution in [0.2, 0.25) is 0 Å². The van der Waals surface area contributed by atoms with Crippen molar-refractivity contribution in [2.75, 3.05) is 26.2 Å². The number of amides is 2. The van der Waals surface area contributed by atoms with Gasteiger partial charge in [0.05, 0.1) is 6.33 Å². The molecule has 0 aliphatic carbocycles. The van der Waals surface area contributed by atoms with Crippen LogP contribution < -0.4 is 11.2 Å². The molecule has 0 radical (unpaired) electrons. The summed E-state index contributed by atoms with van der Waals surface area (Å²) in [4.78, 5) is 58.8. The minimum atomic E-state index is -0.561. The Balaban J connectivity index is 1.42. The van der Waals surface area contributed by atoms with Gasteiger partial charge in [-0.25, -0.2) is 14.3 Å². The number of carbonyl (C=O) groups is 2. The molecule has 31 heavy (non-hydrogen) atoms. The molecule has 0 atom stereocenters. The molecule has 2 saturated heterocycles. The van der Waals surface area contributed by atoms with Crippen LogP contribution in [0.3, 0.4) is 0 Å². The molecular weight excluding hydrogens is 400 g/mol. The molecule has 2 fully saturated rings. The van der Waals surface area contributed by atoms with Crippen molar-refractivity contribution in [1.29, 1.82) is 0 Å². The summed E-state index contributed by atoms with van der Waals surface area (Å²) in [5.41, 5.74) is -0.493. The van der Waals surface area contributed by atoms with E-state index in [2.05, 4.69) is 11.9 Å². The lowest BCUT2D eigenvalue weighted by Gasteiger charge is -2.36. The third-order valence-corrected chi connectivity index (χ3v) is 6.79. The molecule has 10 heteroatoms. The first-order valence-electron chi connectivity index (χ1n) is 10.9. The second-order valence-corrected chi connectivity index (χ2v) is 8.92. The summed E-state index contributed by atoms with van der Waals surface area (Å²) < 4.78 is 3.81. The lowest BCUT2D eigenvalue weighted by molar-refractivity contribution is -0.142. The quantitative estimate of drug-likeness (QED) is 0.678. The predicted octanol–water partition coefficient (Wildman–Crippen LogP) is -0.0692. The highest BCUT2D eigenvalue weighted by Crippen LogP contribution is 2.23. The zero-order valence-corrected chi connectivity index (χ0v) is 18.4. The van der Waals surface area contributed by atoms with E-state index in [1.807, 2.05) is 4.90 Å². The molecule has 168 valence electrons. The smallest absolute Gasteiger partial charge is 0.332 e. The van der Waals surface area contributed by atoms with Crippen molar-refractivity contribution in [2.45, 2.75) is 39.2 Å². The maximum absolute atomic E-state index is 12.9. The van der Waals surface area contributed by atoms with Crippen molar-refractivity contribution < 1.29 is 9.59 Å². The van der Waals surface area contributed by atoms with Crippen molar-refractivity contribution in [2.24, 2.45) is 25.9 Å². The summed E-state index contributed by atoms with van der Waals surface area (Å²) in [7, 11) is 3.22. The summed E-state index contributed by atoms with van der Waals surface area (Å²) in [5.74, 6) is 0.535. The molecule has 2 aliphatic heterocycles. The normalized spacial score (nSPS) is 18.7. The summed E-state index contributed by atoms with van der Waals surface area (Å²) in [6, 6.07) is 0. The van der Waals surface area contributed by atoms with Gasteiger partial charge in [0.15, 0.2) is 11.2 Å². The van der Waals surface area contributed by atoms with E-state index in [4.69, 9.17) is 0 Å². The second-order valence-electron chi connectivity index (χ2n) is 8.92. The van der Waals surface area contributed by atoms with Crippen molar-refractivity contribution in [1.82, 2.24) is 28.5 Å². The third kappa shape index (κ3) is 3.90. The fraction of sp³-hybridized carbons (Fsp3) is 0.667. The summed E-state index contributed by atoms with van der Waals surface area (Å²) in [6.45, 7) is 4.47. The Bertz CT molecular complexity index is 1110. The van der Waals surface area contributed by atoms with E-state index in [9.17, 15) is 19.2 Å². The first kappa shape index (κ1) is 21.3. The monoisotopic (exact) mass is 430 g/mol. The van der Waals surface area contributed by atoms with Gasteiger partial charge in [-0.05, 0) is 31.6 Å². The molecule has 10 nitrogen and oxygen atoms in total. The number of hydrogen-bond acceptors (Lipinski definition) is 5. The number of hydrogen-bond donors (Lipinski definition) is 0. The van der Waals surface area contributed by atoms with Gasteiger partial charge in [0.2, 0.25) is 11.8 Å². The Labute approximate surface area is 180 Å². The topological polar surface area (TPSA) is 102 Å². The molecule has 2 aromatic rings. The minimum absolute atomic E-state index is 0.0566. The molecule has 0 saturated carbocycles. The Morgan fingerprint density at radius 2 is 1.61 bits per heavy atom. The summed E-state index contributed by atoms with van der Waals surface area (Å²) >= 11 is 0. The maximum atomic E-state index is 12.9. The number of carbonyl (C=O) groups excluding carboxylic acids is 2. The van der Waals surface area contributed by atoms with Crippen LogP contribution in [0.5, 0.6) is 0 Å². The fourth-order valence-electron chi connectivity index (χ4n) is 4.63. The summed E-state index contributed by atoms with van der Waals surface area (Å²) in [5, 5.41) is 0. The highest BCUT2D eigenvalue weighted by Gasteiger charge is 2.32. The van der Waals surface area contributed by atoms with E-state index in [0.29, 0.717) is 37.5 Å². The molecule has 0 bridgehead atoms. The highest BCUT2D eigenvalue weighted by molar-refractivity contribution is 5.80. The number of piperidine rings is 2. The van der Waals surface area contributed by atoms with Crippen LogP contribution in [0.4, 0.5) is 0 Å². The molecule has 0 unspecified atom stereocenters. The number of aromatic nitrogens is 4. The van der Waals surface area contributed by atoms with E-state index in [0.717, 1.165) is 30.5 Å². The number of likely N-dealkylation sites (tertiary alicyclic amines) is 2. The number of nitrogens with zero attached hydrogens (tertiary/aromatic N) is 6. The molecular formula is C21H30N6O4. The van der Waals surface area contributed by atoms with Crippen molar-refractivity contribution in [3.8, 4) is 0 Å². The van der Waals surface area contributed by atoms with E-state index in [1.54, 1.807) is 16.5 Å². The van der Waals surface area contributed by atoms with E-state index < -0.39 is 11.2 Å². The average Bonchev–Trinajstić information content (AvgIpc) is 3.17. The van der Waals surface area contributed by atoms with E-state index in [1.165, 1.54) is 17.9 Å². The van der Waals surface area contributed by atoms with Gasteiger partial charge in [0.1, 0.15) is 6.54 Å². The van der Waals surface area contributed by atoms with Gasteiger partial charge in [0.25, 0.3) is 5.56 Å². The minimum Gasteiger partial charge on any atom is -0.342 e. The Kier molecular flexibility index (Phi) is 5.72. The Morgan fingerprint density at radius 1 is 1.00 bits per heavy atom. The van der Waals surface area contributed by atoms with Crippen LogP contribution in [0, 0.1) is 11.8 Å². The standard InChI is InChI=1S/C21H30N6O4/c1-14-4-8-26(9-5-14)19(29)15-6-10-25(11-7-15)16(28)12-27-20(30)17-18(22-13-23(17)2)24(3)21(27)31/h13-15H,4-12H2,1-3H3. The average molecular weight is 431 g/mol. The van der Waals surface area contributed by atoms with Gasteiger partial charge >= 0.3 is 5.69 Å². The van der Waals surface area contributed by atoms with Gasteiger partial charge in [-0.15, -0.1) is 0 Å². The second kappa shape index (κ2) is 8.32. The lowest BCUT2D eigenvalue weighted by atomic mass is 9.92. The predicted molar refractivity (Wildman–Crippen MR) is 114 cm³/mol. The van der Waals surface area contributed by atoms with Crippen LogP contribution in [0.15, 0.2) is 15.9 Å². The van der Waals surface area contributed by atoms with E-state index in [-0.39, 0.29) is 29.8 Å². The van der Waals surface area contributed by atoms with Gasteiger partial charge in [-0.1, -0.05) is 6.92 Å². The molecule has 4 rings (SSSR count). The molecule has 2 amide bonds. The van der Waals surface area contributed by atoms with Gasteiger partial charge in [-0.2, -0.15) is 0 Å². The van der Waals surface area contributed by atoms with Gasteiger partial charge < -0.3 is 14.4 Å². The number of rotatable bonds is 3. The maximum Gasteiger partial charge on any atom is 0.332 e. The van der Waals surface area contributed by atoms with Crippen LogP contribution in [-0.2, 0) is 30.2 Å². The van der Waals surface area contributed by atoms with Crippen LogP contribution in [0.1, 0.15) is 32.6 Å². The number of imidazole rings is 1. The van der Waals surface area contributed by atoms with Crippen LogP contribution >= 0.6 is 0 Å². The highest BCUT2D eigenvalue weighted by atomic mass is 16.2. The Morgan fingerprint density at radius 3 is 2.26 bits per heavy atom. The molecule has 4 heterocycles. The van der Waals surface area contributed by atoms with Gasteiger partial charge in [0, 0.05) is 46.2 Å². The van der Waals surface area contributed by atoms with Crippen molar-refractivity contribution in [3.63, 3.8) is 0 Å². The van der Waals surface area contributed by atoms with Crippen molar-refractivity contribution in [3.05, 3.63) is 27.2 Å². The van der Waals surface area contributed by atoms with Crippen LogP contribution in [0.25, 0.3) is 11.2 Å². The SMILES string of the molecule is CC1CCN(C(=O)C2CCN(C(=O)Cn3c(=O)c4c(ncn4C)n(C)c3=O)CC2)CC1. The summed E-state index contributed by atoms with van der Waals surface area (Å²) in [6.07, 6.45) is 4.80. The lowest BCUT2D eigenvalue weighted by Crippen LogP contribution is -2.49. The number of fused-ring (bicyclic) bond motifs is 1. The largest absolute Gasteiger partial charge is 0.342 e. The molecule has 0 aromatic carbocycles. The molecule has 2 aliphatic rings. The molecule has 0 N–H and O–H groups in total. The first-order valence-corrected chi connectivity index (χ1v) is 10.9. The third-order valence-electron chi connectivity index (χ3n) is 6.79. The van der Waals surface area contributed by atoms with Gasteiger partial charge in [-0.3, -0.25) is 19.0 Å². The molecule has 0 spiro atoms. The zero-order valence-electron chi connectivity index (χ0n) is 18.4. The Hall–Kier alpha value is -2.91. The fourth-order valence-corrected chi connectivity index (χ4v) is 4.63. The van der Waals surface area contributed by atoms with Crippen LogP contribution in [-0.4, -0.2) is 66.5 Å². The number of aryl methyl sites for hydroxylation is 2. The first-order chi connectivity index (χ1) is 14.8. The zero-order chi connectivity index (χ0) is 22.3. The van der Waals surface area contributed by atoms with E-state index >= 15 is 0 Å².